The SMILES string of the molecule is CNC(=O)C(Cl)c1ccc(Cl)c(Cl)c1. The van der Waals surface area contributed by atoms with Gasteiger partial charge in [0.25, 0.3) is 0 Å². The van der Waals surface area contributed by atoms with Crippen LogP contribution in [0.2, 0.25) is 10.0 Å². The summed E-state index contributed by atoms with van der Waals surface area (Å²) in [4.78, 5) is 11.2. The molecule has 1 aromatic rings. The van der Waals surface area contributed by atoms with Crippen molar-refractivity contribution in [3.63, 3.8) is 0 Å². The molecule has 0 spiro atoms. The first-order valence-corrected chi connectivity index (χ1v) is 5.06. The molecule has 5 heteroatoms. The molecule has 0 aliphatic heterocycles. The summed E-state index contributed by atoms with van der Waals surface area (Å²) in [6, 6.07) is 4.86. The fourth-order valence-electron chi connectivity index (χ4n) is 0.948. The van der Waals surface area contributed by atoms with Crippen LogP contribution in [0.1, 0.15) is 10.9 Å². The molecule has 1 rings (SSSR count). The number of alkyl halides is 1. The smallest absolute Gasteiger partial charge is 0.242 e. The molecule has 0 saturated heterocycles. The highest BCUT2D eigenvalue weighted by atomic mass is 35.5. The Balaban J connectivity index is 2.96. The summed E-state index contributed by atoms with van der Waals surface area (Å²) in [5.41, 5.74) is 0.625. The largest absolute Gasteiger partial charge is 0.358 e. The Morgan fingerprint density at radius 1 is 1.36 bits per heavy atom. The number of hydrogen-bond acceptors (Lipinski definition) is 1. The Labute approximate surface area is 97.1 Å². The van der Waals surface area contributed by atoms with Crippen molar-refractivity contribution in [3.05, 3.63) is 33.8 Å². The van der Waals surface area contributed by atoms with Crippen molar-refractivity contribution in [2.75, 3.05) is 7.05 Å². The maximum absolute atomic E-state index is 11.2. The van der Waals surface area contributed by atoms with Gasteiger partial charge in [0.2, 0.25) is 5.91 Å². The number of nitrogens with one attached hydrogen (secondary N) is 1. The molecule has 1 amide bonds. The minimum absolute atomic E-state index is 0.273. The second-order valence-corrected chi connectivity index (χ2v) is 3.90. The fraction of sp³-hybridized carbons (Fsp3) is 0.222. The lowest BCUT2D eigenvalue weighted by Gasteiger charge is -2.08. The molecule has 0 aliphatic rings. The number of benzene rings is 1. The number of likely N-dealkylation sites (N-methyl/N-ethyl adjacent to an activating group) is 1. The van der Waals surface area contributed by atoms with Crippen LogP contribution in [0.15, 0.2) is 18.2 Å². The van der Waals surface area contributed by atoms with E-state index in [2.05, 4.69) is 5.32 Å². The van der Waals surface area contributed by atoms with Crippen molar-refractivity contribution in [3.8, 4) is 0 Å². The molecule has 1 atom stereocenters. The van der Waals surface area contributed by atoms with Crippen LogP contribution < -0.4 is 5.32 Å². The Morgan fingerprint density at radius 2 is 2.00 bits per heavy atom. The minimum atomic E-state index is -0.741. The molecule has 0 radical (unpaired) electrons. The van der Waals surface area contributed by atoms with Gasteiger partial charge in [-0.1, -0.05) is 29.3 Å². The van der Waals surface area contributed by atoms with Crippen LogP contribution in [0.5, 0.6) is 0 Å². The van der Waals surface area contributed by atoms with Gasteiger partial charge in [0.05, 0.1) is 10.0 Å². The zero-order chi connectivity index (χ0) is 10.7. The van der Waals surface area contributed by atoms with E-state index in [0.717, 1.165) is 0 Å². The van der Waals surface area contributed by atoms with Crippen molar-refractivity contribution < 1.29 is 4.79 Å². The average Bonchev–Trinajstić information content (AvgIpc) is 2.20. The van der Waals surface area contributed by atoms with Crippen molar-refractivity contribution in [2.45, 2.75) is 5.38 Å². The number of rotatable bonds is 2. The van der Waals surface area contributed by atoms with E-state index in [0.29, 0.717) is 15.6 Å². The second kappa shape index (κ2) is 4.87. The summed E-state index contributed by atoms with van der Waals surface area (Å²) in [5.74, 6) is -0.273. The van der Waals surface area contributed by atoms with Crippen LogP contribution in [-0.4, -0.2) is 13.0 Å². The van der Waals surface area contributed by atoms with Gasteiger partial charge in [0.1, 0.15) is 5.38 Å². The first kappa shape index (κ1) is 11.6. The number of halogens is 3. The Hall–Kier alpha value is -0.440. The molecule has 14 heavy (non-hydrogen) atoms. The zero-order valence-corrected chi connectivity index (χ0v) is 9.62. The minimum Gasteiger partial charge on any atom is -0.358 e. The predicted molar refractivity (Wildman–Crippen MR) is 59.1 cm³/mol. The topological polar surface area (TPSA) is 29.1 Å². The molecule has 0 heterocycles. The van der Waals surface area contributed by atoms with Crippen molar-refractivity contribution in [1.82, 2.24) is 5.32 Å². The van der Waals surface area contributed by atoms with Crippen LogP contribution in [0.25, 0.3) is 0 Å². The van der Waals surface area contributed by atoms with Gasteiger partial charge in [-0.05, 0) is 17.7 Å². The average molecular weight is 253 g/mol. The van der Waals surface area contributed by atoms with Crippen molar-refractivity contribution in [2.24, 2.45) is 0 Å². The van der Waals surface area contributed by atoms with Crippen LogP contribution >= 0.6 is 34.8 Å². The predicted octanol–water partition coefficient (Wildman–Crippen LogP) is 3.02. The molecule has 0 fully saturated rings. The third kappa shape index (κ3) is 2.53. The quantitative estimate of drug-likeness (QED) is 0.806. The third-order valence-electron chi connectivity index (χ3n) is 1.71. The standard InChI is InChI=1S/C9H8Cl3NO/c1-13-9(14)8(12)5-2-3-6(10)7(11)4-5/h2-4,8H,1H3,(H,13,14). The molecule has 1 unspecified atom stereocenters. The van der Waals surface area contributed by atoms with Gasteiger partial charge in [-0.3, -0.25) is 4.79 Å². The highest BCUT2D eigenvalue weighted by Crippen LogP contribution is 2.28. The summed E-state index contributed by atoms with van der Waals surface area (Å²) >= 11 is 17.4. The van der Waals surface area contributed by atoms with E-state index in [1.165, 1.54) is 7.05 Å². The lowest BCUT2D eigenvalue weighted by molar-refractivity contribution is -0.120. The molecule has 0 aliphatic carbocycles. The van der Waals surface area contributed by atoms with Crippen LogP contribution in [0.3, 0.4) is 0 Å². The summed E-state index contributed by atoms with van der Waals surface area (Å²) in [5, 5.41) is 2.54. The highest BCUT2D eigenvalue weighted by molar-refractivity contribution is 6.42. The number of hydrogen-bond donors (Lipinski definition) is 1. The van der Waals surface area contributed by atoms with E-state index in [9.17, 15) is 4.79 Å². The summed E-state index contributed by atoms with van der Waals surface area (Å²) in [6.45, 7) is 0. The first-order valence-electron chi connectivity index (χ1n) is 3.87. The van der Waals surface area contributed by atoms with E-state index < -0.39 is 5.38 Å². The number of carbonyl (C=O) groups is 1. The van der Waals surface area contributed by atoms with E-state index in [1.807, 2.05) is 0 Å². The van der Waals surface area contributed by atoms with Gasteiger partial charge in [-0.25, -0.2) is 0 Å². The third-order valence-corrected chi connectivity index (χ3v) is 2.90. The Bertz CT molecular complexity index is 354. The molecular formula is C9H8Cl3NO. The van der Waals surface area contributed by atoms with E-state index in [1.54, 1.807) is 18.2 Å². The van der Waals surface area contributed by atoms with Crippen LogP contribution in [0.4, 0.5) is 0 Å². The van der Waals surface area contributed by atoms with E-state index >= 15 is 0 Å². The number of carbonyl (C=O) groups excluding carboxylic acids is 1. The van der Waals surface area contributed by atoms with Crippen LogP contribution in [0, 0.1) is 0 Å². The summed E-state index contributed by atoms with van der Waals surface area (Å²) in [6.07, 6.45) is 0. The normalized spacial score (nSPS) is 12.3. The second-order valence-electron chi connectivity index (χ2n) is 2.65. The van der Waals surface area contributed by atoms with Crippen molar-refractivity contribution >= 4 is 40.7 Å². The highest BCUT2D eigenvalue weighted by Gasteiger charge is 2.16. The lowest BCUT2D eigenvalue weighted by atomic mass is 10.1. The first-order chi connectivity index (χ1) is 6.56. The fourth-order valence-corrected chi connectivity index (χ4v) is 1.50. The lowest BCUT2D eigenvalue weighted by Crippen LogP contribution is -2.22. The molecule has 0 bridgehead atoms. The number of amides is 1. The Kier molecular flexibility index (Phi) is 4.05. The molecule has 76 valence electrons. The van der Waals surface area contributed by atoms with Crippen molar-refractivity contribution in [1.29, 1.82) is 0 Å². The van der Waals surface area contributed by atoms with Gasteiger partial charge in [-0.2, -0.15) is 0 Å². The molecular weight excluding hydrogens is 244 g/mol. The molecule has 0 saturated carbocycles. The maximum atomic E-state index is 11.2. The van der Waals surface area contributed by atoms with Crippen LogP contribution in [-0.2, 0) is 4.79 Å². The van der Waals surface area contributed by atoms with Gasteiger partial charge in [0.15, 0.2) is 0 Å². The molecule has 1 N–H and O–H groups in total. The zero-order valence-electron chi connectivity index (χ0n) is 7.35. The summed E-state index contributed by atoms with van der Waals surface area (Å²) < 4.78 is 0. The maximum Gasteiger partial charge on any atom is 0.242 e. The van der Waals surface area contributed by atoms with Gasteiger partial charge in [-0.15, -0.1) is 11.6 Å². The Morgan fingerprint density at radius 3 is 2.50 bits per heavy atom. The molecule has 0 aromatic heterocycles. The molecule has 1 aromatic carbocycles. The van der Waals surface area contributed by atoms with E-state index in [4.69, 9.17) is 34.8 Å². The van der Waals surface area contributed by atoms with Gasteiger partial charge >= 0.3 is 0 Å². The van der Waals surface area contributed by atoms with Gasteiger partial charge in [0, 0.05) is 7.05 Å². The van der Waals surface area contributed by atoms with Gasteiger partial charge < -0.3 is 5.32 Å². The summed E-state index contributed by atoms with van der Waals surface area (Å²) in [7, 11) is 1.52. The molecule has 2 nitrogen and oxygen atoms in total. The van der Waals surface area contributed by atoms with E-state index in [-0.39, 0.29) is 5.91 Å². The monoisotopic (exact) mass is 251 g/mol.